The van der Waals surface area contributed by atoms with Gasteiger partial charge in [0.1, 0.15) is 10.8 Å². The van der Waals surface area contributed by atoms with Gasteiger partial charge < -0.3 is 25.0 Å². The number of amides is 1. The first-order valence-corrected chi connectivity index (χ1v) is 12.0. The maximum Gasteiger partial charge on any atom is 0.341 e. The van der Waals surface area contributed by atoms with Crippen molar-refractivity contribution in [2.24, 2.45) is 0 Å². The molecule has 0 bridgehead atoms. The number of nitrogens with zero attached hydrogens (tertiary/aromatic N) is 1. The summed E-state index contributed by atoms with van der Waals surface area (Å²) in [4.78, 5) is 27.7. The summed E-state index contributed by atoms with van der Waals surface area (Å²) in [5.74, 6) is 0.611. The van der Waals surface area contributed by atoms with Gasteiger partial charge in [-0.3, -0.25) is 4.79 Å². The van der Waals surface area contributed by atoms with Crippen LogP contribution in [0.2, 0.25) is 0 Å². The Labute approximate surface area is 208 Å². The van der Waals surface area contributed by atoms with Gasteiger partial charge in [-0.25, -0.2) is 4.79 Å². The Morgan fingerprint density at radius 2 is 1.65 bits per heavy atom. The maximum atomic E-state index is 13.0. The van der Waals surface area contributed by atoms with Crippen LogP contribution in [0.5, 0.6) is 11.5 Å². The Hall–Kier alpha value is -3.43. The summed E-state index contributed by atoms with van der Waals surface area (Å²) in [6, 6.07) is 16.8. The third-order valence-corrected chi connectivity index (χ3v) is 6.51. The molecule has 0 aliphatic carbocycles. The zero-order chi connectivity index (χ0) is 24.7. The van der Waals surface area contributed by atoms with Crippen LogP contribution in [-0.4, -0.2) is 42.1 Å². The Kier molecular flexibility index (Phi) is 8.61. The number of esters is 1. The highest BCUT2D eigenvalue weighted by Gasteiger charge is 2.27. The van der Waals surface area contributed by atoms with Gasteiger partial charge in [0.05, 0.1) is 23.2 Å². The fraction of sp³-hybridized carbons (Fsp3) is 0.240. The van der Waals surface area contributed by atoms with E-state index in [2.05, 4.69) is 10.6 Å². The SMILES string of the molecule is CCN(CC)C(=O)c1sc(NC(=S)Nc2ccccc2Oc2ccccc2)c(C(=O)OC)c1C. The largest absolute Gasteiger partial charge is 0.465 e. The molecule has 2 aromatic carbocycles. The van der Waals surface area contributed by atoms with Gasteiger partial charge in [-0.1, -0.05) is 30.3 Å². The molecule has 1 heterocycles. The molecule has 0 aliphatic rings. The van der Waals surface area contributed by atoms with Crippen LogP contribution in [0, 0.1) is 6.92 Å². The lowest BCUT2D eigenvalue weighted by Gasteiger charge is -2.18. The number of nitrogens with one attached hydrogen (secondary N) is 2. The fourth-order valence-electron chi connectivity index (χ4n) is 3.34. The summed E-state index contributed by atoms with van der Waals surface area (Å²) in [6.45, 7) is 6.71. The topological polar surface area (TPSA) is 79.9 Å². The fourth-order valence-corrected chi connectivity index (χ4v) is 4.78. The summed E-state index contributed by atoms with van der Waals surface area (Å²) in [6.07, 6.45) is 0. The van der Waals surface area contributed by atoms with Crippen molar-refractivity contribution >= 4 is 51.2 Å². The van der Waals surface area contributed by atoms with E-state index in [9.17, 15) is 9.59 Å². The number of hydrogen-bond acceptors (Lipinski definition) is 6. The molecule has 0 aliphatic heterocycles. The predicted octanol–water partition coefficient (Wildman–Crippen LogP) is 5.93. The second-order valence-corrected chi connectivity index (χ2v) is 8.65. The minimum absolute atomic E-state index is 0.133. The first-order chi connectivity index (χ1) is 16.4. The highest BCUT2D eigenvalue weighted by atomic mass is 32.1. The van der Waals surface area contributed by atoms with Crippen LogP contribution in [0.4, 0.5) is 10.7 Å². The monoisotopic (exact) mass is 497 g/mol. The van der Waals surface area contributed by atoms with E-state index in [0.717, 1.165) is 0 Å². The molecule has 1 aromatic heterocycles. The average molecular weight is 498 g/mol. The first-order valence-electron chi connectivity index (χ1n) is 10.8. The van der Waals surface area contributed by atoms with Crippen LogP contribution in [0.1, 0.15) is 39.4 Å². The highest BCUT2D eigenvalue weighted by Crippen LogP contribution is 2.35. The Morgan fingerprint density at radius 1 is 1.00 bits per heavy atom. The van der Waals surface area contributed by atoms with Crippen LogP contribution in [0.15, 0.2) is 54.6 Å². The first kappa shape index (κ1) is 25.2. The van der Waals surface area contributed by atoms with E-state index in [1.165, 1.54) is 18.4 Å². The van der Waals surface area contributed by atoms with Gasteiger partial charge in [-0.2, -0.15) is 0 Å². The lowest BCUT2D eigenvalue weighted by molar-refractivity contribution is 0.0601. The van der Waals surface area contributed by atoms with Crippen LogP contribution >= 0.6 is 23.6 Å². The normalized spacial score (nSPS) is 10.4. The molecule has 0 fully saturated rings. The number of benzene rings is 2. The van der Waals surface area contributed by atoms with E-state index in [0.29, 0.717) is 51.3 Å². The molecule has 178 valence electrons. The minimum Gasteiger partial charge on any atom is -0.465 e. The average Bonchev–Trinajstić information content (AvgIpc) is 3.16. The predicted molar refractivity (Wildman–Crippen MR) is 140 cm³/mol. The standard InChI is InChI=1S/C25H27N3O4S2/c1-5-28(6-2)23(29)21-16(3)20(24(30)31-4)22(34-21)27-25(33)26-18-14-10-11-15-19(18)32-17-12-8-7-9-13-17/h7-15H,5-6H2,1-4H3,(H2,26,27,33). The van der Waals surface area contributed by atoms with Crippen molar-refractivity contribution in [3.8, 4) is 11.5 Å². The van der Waals surface area contributed by atoms with E-state index in [-0.39, 0.29) is 11.0 Å². The Balaban J connectivity index is 1.86. The molecule has 1 amide bonds. The van der Waals surface area contributed by atoms with Crippen LogP contribution in [-0.2, 0) is 4.74 Å². The molecule has 0 atom stereocenters. The number of methoxy groups -OCH3 is 1. The summed E-state index contributed by atoms with van der Waals surface area (Å²) >= 11 is 6.70. The number of carbonyl (C=O) groups excluding carboxylic acids is 2. The molecule has 0 saturated carbocycles. The van der Waals surface area contributed by atoms with Crippen LogP contribution < -0.4 is 15.4 Å². The summed E-state index contributed by atoms with van der Waals surface area (Å²) in [5, 5.41) is 6.88. The molecule has 0 saturated heterocycles. The zero-order valence-corrected chi connectivity index (χ0v) is 21.1. The summed E-state index contributed by atoms with van der Waals surface area (Å²) in [5.41, 5.74) is 1.50. The third kappa shape index (κ3) is 5.73. The van der Waals surface area contributed by atoms with E-state index in [1.54, 1.807) is 11.8 Å². The van der Waals surface area contributed by atoms with Crippen molar-refractivity contribution in [3.05, 3.63) is 70.6 Å². The molecule has 34 heavy (non-hydrogen) atoms. The molecule has 9 heteroatoms. The molecular weight excluding hydrogens is 470 g/mol. The molecule has 7 nitrogen and oxygen atoms in total. The van der Waals surface area contributed by atoms with Crippen molar-refractivity contribution < 1.29 is 19.1 Å². The van der Waals surface area contributed by atoms with Crippen LogP contribution in [0.25, 0.3) is 0 Å². The molecule has 3 aromatic rings. The molecule has 2 N–H and O–H groups in total. The van der Waals surface area contributed by atoms with Gasteiger partial charge in [-0.15, -0.1) is 11.3 Å². The summed E-state index contributed by atoms with van der Waals surface area (Å²) < 4.78 is 10.9. The Bertz CT molecular complexity index is 1170. The smallest absolute Gasteiger partial charge is 0.341 e. The van der Waals surface area contributed by atoms with E-state index in [4.69, 9.17) is 21.7 Å². The third-order valence-electron chi connectivity index (χ3n) is 5.11. The van der Waals surface area contributed by atoms with Crippen LogP contribution in [0.3, 0.4) is 0 Å². The van der Waals surface area contributed by atoms with Gasteiger partial charge in [0.2, 0.25) is 0 Å². The van der Waals surface area contributed by atoms with Crippen molar-refractivity contribution in [1.29, 1.82) is 0 Å². The Morgan fingerprint density at radius 3 is 2.29 bits per heavy atom. The molecule has 0 spiro atoms. The number of para-hydroxylation sites is 3. The van der Waals surface area contributed by atoms with Crippen molar-refractivity contribution in [1.82, 2.24) is 4.90 Å². The number of hydrogen-bond donors (Lipinski definition) is 2. The number of anilines is 2. The second-order valence-electron chi connectivity index (χ2n) is 7.22. The number of thiophene rings is 1. The number of thiocarbonyl (C=S) groups is 1. The van der Waals surface area contributed by atoms with Crippen molar-refractivity contribution in [2.45, 2.75) is 20.8 Å². The number of rotatable bonds is 8. The lowest BCUT2D eigenvalue weighted by atomic mass is 10.1. The molecular formula is C25H27N3O4S2. The number of ether oxygens (including phenoxy) is 2. The quantitative estimate of drug-likeness (QED) is 0.295. The second kappa shape index (κ2) is 11.6. The minimum atomic E-state index is -0.537. The van der Waals surface area contributed by atoms with Gasteiger partial charge in [0, 0.05) is 13.1 Å². The van der Waals surface area contributed by atoms with Crippen molar-refractivity contribution in [3.63, 3.8) is 0 Å². The van der Waals surface area contributed by atoms with E-state index < -0.39 is 5.97 Å². The van der Waals surface area contributed by atoms with E-state index in [1.807, 2.05) is 68.4 Å². The summed E-state index contributed by atoms with van der Waals surface area (Å²) in [7, 11) is 1.31. The molecule has 0 radical (unpaired) electrons. The van der Waals surface area contributed by atoms with Crippen molar-refractivity contribution in [2.75, 3.05) is 30.8 Å². The van der Waals surface area contributed by atoms with Gasteiger partial charge in [0.15, 0.2) is 10.9 Å². The van der Waals surface area contributed by atoms with Gasteiger partial charge in [-0.05, 0) is 62.8 Å². The van der Waals surface area contributed by atoms with E-state index >= 15 is 0 Å². The maximum absolute atomic E-state index is 13.0. The molecule has 0 unspecified atom stereocenters. The number of carbonyl (C=O) groups is 2. The zero-order valence-electron chi connectivity index (χ0n) is 19.5. The lowest BCUT2D eigenvalue weighted by Crippen LogP contribution is -2.30. The highest BCUT2D eigenvalue weighted by molar-refractivity contribution is 7.80. The van der Waals surface area contributed by atoms with Gasteiger partial charge >= 0.3 is 5.97 Å². The van der Waals surface area contributed by atoms with Gasteiger partial charge in [0.25, 0.3) is 5.91 Å². The molecule has 3 rings (SSSR count).